The van der Waals surface area contributed by atoms with Crippen LogP contribution in [0.4, 0.5) is 8.78 Å². The number of halogens is 4. The van der Waals surface area contributed by atoms with Gasteiger partial charge in [-0.05, 0) is 48.4 Å². The second-order valence-corrected chi connectivity index (χ2v) is 5.54. The number of hydrogen-bond donors (Lipinski definition) is 1. The van der Waals surface area contributed by atoms with Gasteiger partial charge in [-0.1, -0.05) is 42.3 Å². The first-order valence-electron chi connectivity index (χ1n) is 6.63. The summed E-state index contributed by atoms with van der Waals surface area (Å²) in [5.74, 6) is -0.816. The molecule has 0 heterocycles. The van der Waals surface area contributed by atoms with Crippen LogP contribution < -0.4 is 5.32 Å². The van der Waals surface area contributed by atoms with E-state index in [1.54, 1.807) is 18.2 Å². The predicted octanol–water partition coefficient (Wildman–Crippen LogP) is 5.16. The summed E-state index contributed by atoms with van der Waals surface area (Å²) >= 11 is 11.9. The molecule has 0 aliphatic carbocycles. The highest BCUT2D eigenvalue weighted by Crippen LogP contribution is 2.27. The summed E-state index contributed by atoms with van der Waals surface area (Å²) in [6.07, 6.45) is 0.583. The van der Waals surface area contributed by atoms with E-state index >= 15 is 0 Å². The van der Waals surface area contributed by atoms with E-state index in [9.17, 15) is 8.78 Å². The first-order valence-corrected chi connectivity index (χ1v) is 7.39. The molecule has 0 aromatic heterocycles. The highest BCUT2D eigenvalue weighted by atomic mass is 35.5. The fourth-order valence-corrected chi connectivity index (χ4v) is 2.73. The predicted molar refractivity (Wildman–Crippen MR) is 82.9 cm³/mol. The lowest BCUT2D eigenvalue weighted by Gasteiger charge is -2.20. The van der Waals surface area contributed by atoms with E-state index in [1.165, 1.54) is 18.2 Å². The van der Waals surface area contributed by atoms with Gasteiger partial charge in [0, 0.05) is 11.1 Å². The Morgan fingerprint density at radius 3 is 2.43 bits per heavy atom. The van der Waals surface area contributed by atoms with E-state index in [0.29, 0.717) is 11.4 Å². The number of hydrogen-bond acceptors (Lipinski definition) is 1. The van der Waals surface area contributed by atoms with Crippen LogP contribution in [0.3, 0.4) is 0 Å². The Morgan fingerprint density at radius 1 is 1.05 bits per heavy atom. The van der Waals surface area contributed by atoms with Gasteiger partial charge >= 0.3 is 0 Å². The Bertz CT molecular complexity index is 632. The van der Waals surface area contributed by atoms with Crippen LogP contribution in [-0.2, 0) is 6.42 Å². The quantitative estimate of drug-likeness (QED) is 0.798. The molecule has 1 atom stereocenters. The molecule has 0 aliphatic heterocycles. The molecular weight excluding hydrogens is 315 g/mol. The summed E-state index contributed by atoms with van der Waals surface area (Å²) in [5.41, 5.74) is 1.69. The molecule has 1 nitrogen and oxygen atoms in total. The smallest absolute Gasteiger partial charge is 0.141 e. The zero-order chi connectivity index (χ0) is 15.4. The van der Waals surface area contributed by atoms with Gasteiger partial charge < -0.3 is 5.32 Å². The minimum atomic E-state index is -0.444. The topological polar surface area (TPSA) is 12.0 Å². The second-order valence-electron chi connectivity index (χ2n) is 4.73. The van der Waals surface area contributed by atoms with Crippen LogP contribution in [0.2, 0.25) is 10.0 Å². The molecule has 1 N–H and O–H groups in total. The third-order valence-corrected chi connectivity index (χ3v) is 3.83. The van der Waals surface area contributed by atoms with Gasteiger partial charge in [-0.15, -0.1) is 0 Å². The maximum absolute atomic E-state index is 13.2. The summed E-state index contributed by atoms with van der Waals surface area (Å²) in [4.78, 5) is 0. The summed E-state index contributed by atoms with van der Waals surface area (Å²) in [6.45, 7) is 2.70. The van der Waals surface area contributed by atoms with Crippen molar-refractivity contribution in [2.75, 3.05) is 6.54 Å². The Morgan fingerprint density at radius 2 is 1.81 bits per heavy atom. The second kappa shape index (κ2) is 7.21. The standard InChI is InChI=1S/C16H15Cl2F2N/c1-2-21-16(12-5-4-11(19)9-13(12)17)8-10-3-6-15(20)14(18)7-10/h3-7,9,16,21H,2,8H2,1H3. The van der Waals surface area contributed by atoms with Gasteiger partial charge in [-0.3, -0.25) is 0 Å². The summed E-state index contributed by atoms with van der Waals surface area (Å²) in [7, 11) is 0. The molecule has 0 fully saturated rings. The van der Waals surface area contributed by atoms with Crippen molar-refractivity contribution in [1.82, 2.24) is 5.32 Å². The maximum Gasteiger partial charge on any atom is 0.141 e. The van der Waals surface area contributed by atoms with Crippen molar-refractivity contribution < 1.29 is 8.78 Å². The Kier molecular flexibility index (Phi) is 5.57. The minimum Gasteiger partial charge on any atom is -0.310 e. The minimum absolute atomic E-state index is 0.0907. The van der Waals surface area contributed by atoms with Gasteiger partial charge in [0.1, 0.15) is 11.6 Å². The van der Waals surface area contributed by atoms with Crippen LogP contribution in [-0.4, -0.2) is 6.54 Å². The molecule has 0 saturated heterocycles. The van der Waals surface area contributed by atoms with E-state index in [4.69, 9.17) is 23.2 Å². The largest absolute Gasteiger partial charge is 0.310 e. The SMILES string of the molecule is CCNC(Cc1ccc(F)c(Cl)c1)c1ccc(F)cc1Cl. The molecule has 5 heteroatoms. The number of rotatable bonds is 5. The molecule has 0 radical (unpaired) electrons. The van der Waals surface area contributed by atoms with E-state index in [0.717, 1.165) is 17.7 Å². The van der Waals surface area contributed by atoms with Crippen LogP contribution in [0.15, 0.2) is 36.4 Å². The molecule has 0 bridgehead atoms. The van der Waals surface area contributed by atoms with Crippen LogP contribution in [0.1, 0.15) is 24.1 Å². The first-order chi connectivity index (χ1) is 10.0. The van der Waals surface area contributed by atoms with Crippen molar-refractivity contribution in [3.63, 3.8) is 0 Å². The molecule has 0 amide bonds. The Labute approximate surface area is 132 Å². The molecule has 112 valence electrons. The third kappa shape index (κ3) is 4.16. The Hall–Kier alpha value is -1.16. The van der Waals surface area contributed by atoms with Gasteiger partial charge in [-0.2, -0.15) is 0 Å². The fourth-order valence-electron chi connectivity index (χ4n) is 2.22. The number of benzene rings is 2. The lowest BCUT2D eigenvalue weighted by molar-refractivity contribution is 0.546. The summed E-state index contributed by atoms with van der Waals surface area (Å²) < 4.78 is 26.4. The van der Waals surface area contributed by atoms with E-state index in [1.807, 2.05) is 6.92 Å². The molecule has 2 rings (SSSR count). The molecule has 0 aliphatic rings. The first kappa shape index (κ1) is 16.2. The molecule has 21 heavy (non-hydrogen) atoms. The van der Waals surface area contributed by atoms with Crippen molar-refractivity contribution in [3.8, 4) is 0 Å². The van der Waals surface area contributed by atoms with Crippen molar-refractivity contribution in [2.24, 2.45) is 0 Å². The molecular formula is C16H15Cl2F2N. The van der Waals surface area contributed by atoms with E-state index in [2.05, 4.69) is 5.32 Å². The highest BCUT2D eigenvalue weighted by Gasteiger charge is 2.15. The molecule has 2 aromatic carbocycles. The summed E-state index contributed by atoms with van der Waals surface area (Å²) in [6, 6.07) is 8.86. The van der Waals surface area contributed by atoms with Gasteiger partial charge in [0.05, 0.1) is 5.02 Å². The van der Waals surface area contributed by atoms with E-state index in [-0.39, 0.29) is 16.9 Å². The van der Waals surface area contributed by atoms with Crippen LogP contribution >= 0.6 is 23.2 Å². The van der Waals surface area contributed by atoms with Crippen molar-refractivity contribution in [2.45, 2.75) is 19.4 Å². The van der Waals surface area contributed by atoms with Crippen LogP contribution in [0.5, 0.6) is 0 Å². The molecule has 0 spiro atoms. The molecule has 1 unspecified atom stereocenters. The fraction of sp³-hybridized carbons (Fsp3) is 0.250. The zero-order valence-electron chi connectivity index (χ0n) is 11.5. The third-order valence-electron chi connectivity index (χ3n) is 3.21. The lowest BCUT2D eigenvalue weighted by Crippen LogP contribution is -2.23. The van der Waals surface area contributed by atoms with Crippen LogP contribution in [0, 0.1) is 11.6 Å². The van der Waals surface area contributed by atoms with E-state index < -0.39 is 5.82 Å². The lowest BCUT2D eigenvalue weighted by atomic mass is 9.98. The molecule has 0 saturated carbocycles. The Balaban J connectivity index is 2.28. The average Bonchev–Trinajstić information content (AvgIpc) is 2.42. The average molecular weight is 330 g/mol. The monoisotopic (exact) mass is 329 g/mol. The van der Waals surface area contributed by atoms with Crippen molar-refractivity contribution in [3.05, 3.63) is 69.2 Å². The van der Waals surface area contributed by atoms with Gasteiger partial charge in [0.25, 0.3) is 0 Å². The van der Waals surface area contributed by atoms with Crippen molar-refractivity contribution >= 4 is 23.2 Å². The number of nitrogens with one attached hydrogen (secondary N) is 1. The van der Waals surface area contributed by atoms with Gasteiger partial charge in [0.15, 0.2) is 0 Å². The zero-order valence-corrected chi connectivity index (χ0v) is 13.0. The normalized spacial score (nSPS) is 12.4. The van der Waals surface area contributed by atoms with Gasteiger partial charge in [-0.25, -0.2) is 8.78 Å². The highest BCUT2D eigenvalue weighted by molar-refractivity contribution is 6.31. The maximum atomic E-state index is 13.2. The molecule has 2 aromatic rings. The van der Waals surface area contributed by atoms with Crippen molar-refractivity contribution in [1.29, 1.82) is 0 Å². The summed E-state index contributed by atoms with van der Waals surface area (Å²) in [5, 5.41) is 3.76. The van der Waals surface area contributed by atoms with Crippen LogP contribution in [0.25, 0.3) is 0 Å². The van der Waals surface area contributed by atoms with Gasteiger partial charge in [0.2, 0.25) is 0 Å². The number of likely N-dealkylation sites (N-methyl/N-ethyl adjacent to an activating group) is 1.